The molecule has 2 aromatic carbocycles. The highest BCUT2D eigenvalue weighted by Crippen LogP contribution is 2.52. The summed E-state index contributed by atoms with van der Waals surface area (Å²) in [6.45, 7) is 1.39. The second-order valence-electron chi connectivity index (χ2n) is 9.91. The fraction of sp³-hybridized carbons (Fsp3) is 0.440. The fourth-order valence-corrected chi connectivity index (χ4v) is 5.74. The lowest BCUT2D eigenvalue weighted by Gasteiger charge is -2.41. The molecule has 2 bridgehead atoms. The first-order valence-electron chi connectivity index (χ1n) is 11.4. The third kappa shape index (κ3) is 4.79. The van der Waals surface area contributed by atoms with Crippen LogP contribution in [0.15, 0.2) is 36.4 Å². The van der Waals surface area contributed by atoms with Crippen LogP contribution < -0.4 is 20.1 Å². The average molecular weight is 523 g/mol. The Kier molecular flexibility index (Phi) is 6.10. The number of nitrogens with one attached hydrogen (secondary N) is 2. The Morgan fingerprint density at radius 1 is 1.17 bits per heavy atom. The van der Waals surface area contributed by atoms with E-state index in [1.54, 1.807) is 25.1 Å². The van der Waals surface area contributed by atoms with E-state index in [0.29, 0.717) is 22.8 Å². The molecule has 7 nitrogen and oxygen atoms in total. The maximum Gasteiger partial charge on any atom is 0.261 e. The molecule has 186 valence electrons. The second kappa shape index (κ2) is 8.84. The molecule has 1 aliphatic heterocycles. The van der Waals surface area contributed by atoms with Crippen molar-refractivity contribution in [1.29, 1.82) is 0 Å². The van der Waals surface area contributed by atoms with Gasteiger partial charge in [-0.25, -0.2) is 4.39 Å². The standard InChI is InChI=1S/C25H25Cl2FN2O5/c1-24(33)11-21(35-20-5-2-14(26)6-16(20)24)23(32)30-25-8-13(9-25)19(10-25)29-22(31)12-34-15-3-4-17(27)18(28)7-15/h2-7,13,19,21,33H,8-12H2,1H3,(H,29,31)(H,30,32)/t13?,19?,21-,24-,25?/m1/s1. The van der Waals surface area contributed by atoms with Crippen LogP contribution in [0, 0.1) is 11.7 Å². The first-order chi connectivity index (χ1) is 16.5. The van der Waals surface area contributed by atoms with Crippen molar-refractivity contribution >= 4 is 35.0 Å². The van der Waals surface area contributed by atoms with Gasteiger partial charge >= 0.3 is 0 Å². The van der Waals surface area contributed by atoms with Crippen LogP contribution in [0.1, 0.15) is 38.2 Å². The third-order valence-electron chi connectivity index (χ3n) is 7.15. The minimum Gasteiger partial charge on any atom is -0.484 e. The summed E-state index contributed by atoms with van der Waals surface area (Å²) >= 11 is 11.7. The first-order valence-corrected chi connectivity index (χ1v) is 12.2. The van der Waals surface area contributed by atoms with Crippen LogP contribution in [-0.2, 0) is 15.2 Å². The van der Waals surface area contributed by atoms with Crippen molar-refractivity contribution in [2.45, 2.75) is 55.9 Å². The fourth-order valence-electron chi connectivity index (χ4n) is 5.45. The zero-order chi connectivity index (χ0) is 25.0. The highest BCUT2D eigenvalue weighted by atomic mass is 35.5. The van der Waals surface area contributed by atoms with Crippen molar-refractivity contribution in [3.63, 3.8) is 0 Å². The Bertz CT molecular complexity index is 1180. The van der Waals surface area contributed by atoms with Gasteiger partial charge in [-0.3, -0.25) is 9.59 Å². The van der Waals surface area contributed by atoms with Gasteiger partial charge in [0.1, 0.15) is 17.3 Å². The van der Waals surface area contributed by atoms with Crippen molar-refractivity contribution in [1.82, 2.24) is 10.6 Å². The molecule has 0 radical (unpaired) electrons. The van der Waals surface area contributed by atoms with Gasteiger partial charge in [0.2, 0.25) is 0 Å². The summed E-state index contributed by atoms with van der Waals surface area (Å²) in [5.41, 5.74) is -1.10. The Balaban J connectivity index is 1.14. The number of carbonyl (C=O) groups excluding carboxylic acids is 2. The van der Waals surface area contributed by atoms with Crippen molar-refractivity contribution in [2.75, 3.05) is 6.61 Å². The van der Waals surface area contributed by atoms with Crippen molar-refractivity contribution < 1.29 is 28.6 Å². The number of amides is 2. The molecule has 3 N–H and O–H groups in total. The summed E-state index contributed by atoms with van der Waals surface area (Å²) in [7, 11) is 0. The predicted molar refractivity (Wildman–Crippen MR) is 127 cm³/mol. The number of rotatable bonds is 6. The van der Waals surface area contributed by atoms with E-state index in [0.717, 1.165) is 18.9 Å². The molecule has 6 rings (SSSR count). The number of benzene rings is 2. The summed E-state index contributed by atoms with van der Waals surface area (Å²) in [5, 5.41) is 17.4. The van der Waals surface area contributed by atoms with Crippen LogP contribution in [0.2, 0.25) is 10.0 Å². The van der Waals surface area contributed by atoms with Crippen molar-refractivity contribution in [3.05, 3.63) is 57.8 Å². The van der Waals surface area contributed by atoms with Crippen LogP contribution in [0.5, 0.6) is 11.5 Å². The van der Waals surface area contributed by atoms with Gasteiger partial charge in [-0.15, -0.1) is 0 Å². The van der Waals surface area contributed by atoms with Crippen LogP contribution in [0.4, 0.5) is 4.39 Å². The molecule has 10 heteroatoms. The lowest BCUT2D eigenvalue weighted by atomic mass is 9.76. The largest absolute Gasteiger partial charge is 0.484 e. The van der Waals surface area contributed by atoms with E-state index in [2.05, 4.69) is 10.6 Å². The first kappa shape index (κ1) is 24.2. The van der Waals surface area contributed by atoms with E-state index in [4.69, 9.17) is 32.7 Å². The van der Waals surface area contributed by atoms with Crippen molar-refractivity contribution in [2.24, 2.45) is 5.92 Å². The average Bonchev–Trinajstić information content (AvgIpc) is 3.28. The molecule has 0 saturated heterocycles. The minimum atomic E-state index is -1.25. The predicted octanol–water partition coefficient (Wildman–Crippen LogP) is 3.72. The molecule has 3 atom stereocenters. The van der Waals surface area contributed by atoms with E-state index in [-0.39, 0.29) is 47.6 Å². The van der Waals surface area contributed by atoms with Gasteiger partial charge in [0.05, 0.1) is 10.6 Å². The van der Waals surface area contributed by atoms with Gasteiger partial charge in [-0.1, -0.05) is 23.2 Å². The summed E-state index contributed by atoms with van der Waals surface area (Å²) < 4.78 is 24.8. The van der Waals surface area contributed by atoms with Gasteiger partial charge in [-0.05, 0) is 62.4 Å². The molecule has 0 spiro atoms. The highest BCUT2D eigenvalue weighted by Gasteiger charge is 2.58. The number of hydrogen-bond donors (Lipinski definition) is 3. The topological polar surface area (TPSA) is 96.9 Å². The lowest BCUT2D eigenvalue weighted by Crippen LogP contribution is -2.56. The van der Waals surface area contributed by atoms with E-state index in [1.165, 1.54) is 12.1 Å². The summed E-state index contributed by atoms with van der Waals surface area (Å²) in [4.78, 5) is 25.4. The molecular formula is C25H25Cl2FN2O5. The normalized spacial score (nSPS) is 30.5. The number of ether oxygens (including phenoxy) is 2. The molecule has 2 aromatic rings. The van der Waals surface area contributed by atoms with Crippen molar-refractivity contribution in [3.8, 4) is 11.5 Å². The Hall–Kier alpha value is -2.55. The monoisotopic (exact) mass is 522 g/mol. The third-order valence-corrected chi connectivity index (χ3v) is 7.69. The van der Waals surface area contributed by atoms with E-state index >= 15 is 0 Å². The molecule has 3 saturated carbocycles. The zero-order valence-electron chi connectivity index (χ0n) is 18.9. The smallest absolute Gasteiger partial charge is 0.261 e. The molecule has 4 aliphatic rings. The number of aliphatic hydroxyl groups is 1. The second-order valence-corrected chi connectivity index (χ2v) is 10.7. The highest BCUT2D eigenvalue weighted by molar-refractivity contribution is 6.31. The number of fused-ring (bicyclic) bond motifs is 2. The SMILES string of the molecule is C[C@@]1(O)C[C@H](C(=O)NC23CC(C2)C(NC(=O)COc2ccc(Cl)c(F)c2)C3)Oc2ccc(Cl)cc21. The lowest BCUT2D eigenvalue weighted by molar-refractivity contribution is -0.136. The van der Waals surface area contributed by atoms with Gasteiger partial charge in [-0.2, -0.15) is 0 Å². The van der Waals surface area contributed by atoms with Gasteiger partial charge < -0.3 is 25.2 Å². The van der Waals surface area contributed by atoms with E-state index in [1.807, 2.05) is 0 Å². The maximum atomic E-state index is 13.5. The quantitative estimate of drug-likeness (QED) is 0.537. The molecule has 1 heterocycles. The van der Waals surface area contributed by atoms with E-state index < -0.39 is 23.1 Å². The van der Waals surface area contributed by atoms with Crippen LogP contribution in [-0.4, -0.2) is 41.2 Å². The molecular weight excluding hydrogens is 498 g/mol. The Labute approximate surface area is 211 Å². The van der Waals surface area contributed by atoms with Gasteiger partial charge in [0.25, 0.3) is 11.8 Å². The Morgan fingerprint density at radius 2 is 1.94 bits per heavy atom. The molecule has 35 heavy (non-hydrogen) atoms. The molecule has 3 aliphatic carbocycles. The zero-order valence-corrected chi connectivity index (χ0v) is 20.5. The molecule has 0 aromatic heterocycles. The summed E-state index contributed by atoms with van der Waals surface area (Å²) in [5.74, 6) is -0.313. The van der Waals surface area contributed by atoms with E-state index in [9.17, 15) is 19.1 Å². The molecule has 3 fully saturated rings. The van der Waals surface area contributed by atoms with Crippen LogP contribution in [0.25, 0.3) is 0 Å². The van der Waals surface area contributed by atoms with Crippen LogP contribution >= 0.6 is 23.2 Å². The van der Waals surface area contributed by atoms with Gasteiger partial charge in [0, 0.05) is 34.7 Å². The summed E-state index contributed by atoms with van der Waals surface area (Å²) in [6, 6.07) is 8.86. The molecule has 2 amide bonds. The van der Waals surface area contributed by atoms with Gasteiger partial charge in [0.15, 0.2) is 12.7 Å². The number of hydrogen-bond acceptors (Lipinski definition) is 5. The molecule has 1 unspecified atom stereocenters. The van der Waals surface area contributed by atoms with Crippen LogP contribution in [0.3, 0.4) is 0 Å². The number of carbonyl (C=O) groups is 2. The Morgan fingerprint density at radius 3 is 2.69 bits per heavy atom. The summed E-state index contributed by atoms with van der Waals surface area (Å²) in [6.07, 6.45) is 1.37. The minimum absolute atomic E-state index is 0.0178. The maximum absolute atomic E-state index is 13.5. The number of halogens is 3.